The molecular weight excluding hydrogens is 382 g/mol. The number of methoxy groups -OCH3 is 1. The standard InChI is InChI=1S/C23H23N3O4/c1-13(2)11-18(21-24-16-8-4-5-9-17(16)25-21)26-22(27)15-12-14-7-6-10-19(29-3)20(14)30-23(15)28/h4-10,12-13,18H,11H2,1-3H3,(H,24,25)(H,26,27). The van der Waals surface area contributed by atoms with Gasteiger partial charge in [-0.25, -0.2) is 9.78 Å². The first-order valence-corrected chi connectivity index (χ1v) is 9.82. The van der Waals surface area contributed by atoms with E-state index in [4.69, 9.17) is 9.15 Å². The summed E-state index contributed by atoms with van der Waals surface area (Å²) in [4.78, 5) is 33.4. The Morgan fingerprint density at radius 1 is 1.20 bits per heavy atom. The van der Waals surface area contributed by atoms with Crippen molar-refractivity contribution in [1.82, 2.24) is 15.3 Å². The average molecular weight is 405 g/mol. The van der Waals surface area contributed by atoms with Gasteiger partial charge in [0.1, 0.15) is 11.4 Å². The van der Waals surface area contributed by atoms with Crippen molar-refractivity contribution in [1.29, 1.82) is 0 Å². The second kappa shape index (κ2) is 8.02. The van der Waals surface area contributed by atoms with Crippen LogP contribution in [0.15, 0.2) is 57.7 Å². The lowest BCUT2D eigenvalue weighted by Crippen LogP contribution is -2.33. The minimum atomic E-state index is -0.711. The van der Waals surface area contributed by atoms with Gasteiger partial charge in [0, 0.05) is 5.39 Å². The van der Waals surface area contributed by atoms with E-state index < -0.39 is 11.5 Å². The quantitative estimate of drug-likeness (QED) is 0.469. The zero-order valence-corrected chi connectivity index (χ0v) is 17.1. The van der Waals surface area contributed by atoms with Gasteiger partial charge in [-0.3, -0.25) is 4.79 Å². The smallest absolute Gasteiger partial charge is 0.349 e. The molecule has 0 aliphatic carbocycles. The van der Waals surface area contributed by atoms with Crippen LogP contribution in [0.4, 0.5) is 0 Å². The van der Waals surface area contributed by atoms with Crippen molar-refractivity contribution in [3.63, 3.8) is 0 Å². The molecule has 1 unspecified atom stereocenters. The van der Waals surface area contributed by atoms with Crippen molar-refractivity contribution < 1.29 is 13.9 Å². The first-order valence-electron chi connectivity index (χ1n) is 9.82. The number of H-pyrrole nitrogens is 1. The summed E-state index contributed by atoms with van der Waals surface area (Å²) in [7, 11) is 1.50. The number of ether oxygens (including phenoxy) is 1. The van der Waals surface area contributed by atoms with Gasteiger partial charge in [-0.2, -0.15) is 0 Å². The SMILES string of the molecule is COc1cccc2cc(C(=O)NC(CC(C)C)c3nc4ccccc4[nH]3)c(=O)oc12. The molecule has 7 heteroatoms. The van der Waals surface area contributed by atoms with E-state index in [0.29, 0.717) is 34.9 Å². The maximum Gasteiger partial charge on any atom is 0.349 e. The van der Waals surface area contributed by atoms with Gasteiger partial charge in [-0.1, -0.05) is 38.1 Å². The highest BCUT2D eigenvalue weighted by Gasteiger charge is 2.23. The fourth-order valence-electron chi connectivity index (χ4n) is 3.52. The molecule has 0 aliphatic heterocycles. The second-order valence-corrected chi connectivity index (χ2v) is 7.62. The van der Waals surface area contributed by atoms with Crippen molar-refractivity contribution in [2.24, 2.45) is 5.92 Å². The molecule has 0 radical (unpaired) electrons. The maximum atomic E-state index is 13.0. The number of nitrogens with zero attached hydrogens (tertiary/aromatic N) is 1. The van der Waals surface area contributed by atoms with Crippen molar-refractivity contribution in [3.05, 3.63) is 70.3 Å². The predicted molar refractivity (Wildman–Crippen MR) is 115 cm³/mol. The van der Waals surface area contributed by atoms with E-state index in [1.54, 1.807) is 18.2 Å². The predicted octanol–water partition coefficient (Wildman–Crippen LogP) is 4.20. The molecule has 1 atom stereocenters. The molecule has 2 heterocycles. The molecule has 0 fully saturated rings. The molecule has 2 aromatic carbocycles. The molecule has 30 heavy (non-hydrogen) atoms. The second-order valence-electron chi connectivity index (χ2n) is 7.62. The summed E-state index contributed by atoms with van der Waals surface area (Å²) in [5, 5.41) is 3.57. The number of carbonyl (C=O) groups is 1. The summed E-state index contributed by atoms with van der Waals surface area (Å²) in [6.45, 7) is 4.14. The average Bonchev–Trinajstić information content (AvgIpc) is 3.16. The third kappa shape index (κ3) is 3.78. The van der Waals surface area contributed by atoms with Crippen LogP contribution in [0.3, 0.4) is 0 Å². The van der Waals surface area contributed by atoms with Gasteiger partial charge in [-0.05, 0) is 36.6 Å². The number of fused-ring (bicyclic) bond motifs is 2. The third-order valence-corrected chi connectivity index (χ3v) is 4.94. The molecule has 0 bridgehead atoms. The zero-order chi connectivity index (χ0) is 21.3. The van der Waals surface area contributed by atoms with E-state index >= 15 is 0 Å². The zero-order valence-electron chi connectivity index (χ0n) is 17.1. The third-order valence-electron chi connectivity index (χ3n) is 4.94. The first-order chi connectivity index (χ1) is 14.5. The van der Waals surface area contributed by atoms with Gasteiger partial charge in [0.05, 0.1) is 24.2 Å². The molecule has 4 aromatic rings. The molecule has 1 amide bonds. The summed E-state index contributed by atoms with van der Waals surface area (Å²) in [5.41, 5.74) is 1.27. The normalized spacial score (nSPS) is 12.4. The van der Waals surface area contributed by atoms with Crippen molar-refractivity contribution in [2.45, 2.75) is 26.3 Å². The van der Waals surface area contributed by atoms with Gasteiger partial charge < -0.3 is 19.5 Å². The molecule has 0 aliphatic rings. The Kier molecular flexibility index (Phi) is 5.27. The molecule has 154 valence electrons. The van der Waals surface area contributed by atoms with Crippen molar-refractivity contribution in [2.75, 3.05) is 7.11 Å². The van der Waals surface area contributed by atoms with Crippen LogP contribution in [-0.4, -0.2) is 23.0 Å². The van der Waals surface area contributed by atoms with E-state index in [1.807, 2.05) is 24.3 Å². The number of hydrogen-bond acceptors (Lipinski definition) is 5. The fourth-order valence-corrected chi connectivity index (χ4v) is 3.52. The van der Waals surface area contributed by atoms with E-state index in [1.165, 1.54) is 13.2 Å². The number of para-hydroxylation sites is 3. The van der Waals surface area contributed by atoms with Gasteiger partial charge >= 0.3 is 5.63 Å². The Balaban J connectivity index is 1.68. The number of imidazole rings is 1. The van der Waals surface area contributed by atoms with E-state index in [9.17, 15) is 9.59 Å². The number of hydrogen-bond donors (Lipinski definition) is 2. The first kappa shape index (κ1) is 19.7. The number of aromatic amines is 1. The molecular formula is C23H23N3O4. The highest BCUT2D eigenvalue weighted by Crippen LogP contribution is 2.25. The van der Waals surface area contributed by atoms with Crippen LogP contribution in [0.5, 0.6) is 5.75 Å². The summed E-state index contributed by atoms with van der Waals surface area (Å²) in [5.74, 6) is 0.905. The fraction of sp³-hybridized carbons (Fsp3) is 0.261. The summed E-state index contributed by atoms with van der Waals surface area (Å²) >= 11 is 0. The molecule has 0 saturated carbocycles. The van der Waals surface area contributed by atoms with Crippen LogP contribution in [-0.2, 0) is 0 Å². The number of benzene rings is 2. The van der Waals surface area contributed by atoms with Crippen LogP contribution in [0.1, 0.15) is 42.5 Å². The lowest BCUT2D eigenvalue weighted by Gasteiger charge is -2.18. The summed E-state index contributed by atoms with van der Waals surface area (Å²) in [6, 6.07) is 14.1. The van der Waals surface area contributed by atoms with Crippen molar-refractivity contribution >= 4 is 27.9 Å². The molecule has 0 saturated heterocycles. The van der Waals surface area contributed by atoms with Crippen LogP contribution in [0.25, 0.3) is 22.0 Å². The van der Waals surface area contributed by atoms with Gasteiger partial charge in [-0.15, -0.1) is 0 Å². The van der Waals surface area contributed by atoms with Crippen LogP contribution in [0.2, 0.25) is 0 Å². The Morgan fingerprint density at radius 2 is 2.00 bits per heavy atom. The molecule has 7 nitrogen and oxygen atoms in total. The summed E-state index contributed by atoms with van der Waals surface area (Å²) < 4.78 is 10.6. The Bertz CT molecular complexity index is 1240. The van der Waals surface area contributed by atoms with Crippen LogP contribution in [0, 0.1) is 5.92 Å². The maximum absolute atomic E-state index is 13.0. The number of nitrogens with one attached hydrogen (secondary N) is 2. The Morgan fingerprint density at radius 3 is 2.73 bits per heavy atom. The van der Waals surface area contributed by atoms with Gasteiger partial charge in [0.2, 0.25) is 0 Å². The minimum Gasteiger partial charge on any atom is -0.493 e. The van der Waals surface area contributed by atoms with Gasteiger partial charge in [0.25, 0.3) is 5.91 Å². The monoisotopic (exact) mass is 405 g/mol. The van der Waals surface area contributed by atoms with E-state index in [-0.39, 0.29) is 11.6 Å². The summed E-state index contributed by atoms with van der Waals surface area (Å²) in [6.07, 6.45) is 0.665. The van der Waals surface area contributed by atoms with E-state index in [2.05, 4.69) is 29.1 Å². The topological polar surface area (TPSA) is 97.2 Å². The molecule has 0 spiro atoms. The number of aromatic nitrogens is 2. The van der Waals surface area contributed by atoms with Gasteiger partial charge in [0.15, 0.2) is 11.3 Å². The van der Waals surface area contributed by atoms with E-state index in [0.717, 1.165) is 11.0 Å². The van der Waals surface area contributed by atoms with Crippen molar-refractivity contribution in [3.8, 4) is 5.75 Å². The number of carbonyl (C=O) groups excluding carboxylic acids is 1. The lowest BCUT2D eigenvalue weighted by atomic mass is 10.0. The molecule has 2 N–H and O–H groups in total. The highest BCUT2D eigenvalue weighted by molar-refractivity contribution is 5.97. The Labute approximate surface area is 173 Å². The lowest BCUT2D eigenvalue weighted by molar-refractivity contribution is 0.0926. The highest BCUT2D eigenvalue weighted by atomic mass is 16.5. The minimum absolute atomic E-state index is 0.0550. The number of rotatable bonds is 6. The molecule has 2 aromatic heterocycles. The van der Waals surface area contributed by atoms with Crippen LogP contribution < -0.4 is 15.7 Å². The van der Waals surface area contributed by atoms with Crippen LogP contribution >= 0.6 is 0 Å². The number of amides is 1. The Hall–Kier alpha value is -3.61. The molecule has 4 rings (SSSR count). The largest absolute Gasteiger partial charge is 0.493 e.